The summed E-state index contributed by atoms with van der Waals surface area (Å²) in [7, 11) is 0. The molecule has 0 aliphatic carbocycles. The van der Waals surface area contributed by atoms with Crippen LogP contribution in [0.1, 0.15) is 46.0 Å². The maximum atomic E-state index is 6.06. The number of piperidine rings is 1. The van der Waals surface area contributed by atoms with Crippen LogP contribution in [0, 0.1) is 5.92 Å². The van der Waals surface area contributed by atoms with Gasteiger partial charge in [-0.25, -0.2) is 0 Å². The predicted molar refractivity (Wildman–Crippen MR) is 102 cm³/mol. The molecule has 2 aliphatic heterocycles. The zero-order chi connectivity index (χ0) is 17.2. The maximum Gasteiger partial charge on any atom is 0.0682 e. The van der Waals surface area contributed by atoms with Gasteiger partial charge in [0.25, 0.3) is 0 Å². The van der Waals surface area contributed by atoms with Crippen LogP contribution in [-0.4, -0.2) is 46.0 Å². The van der Waals surface area contributed by atoms with Crippen LogP contribution in [0.15, 0.2) is 30.5 Å². The van der Waals surface area contributed by atoms with Crippen LogP contribution in [0.5, 0.6) is 0 Å². The van der Waals surface area contributed by atoms with E-state index >= 15 is 0 Å². The Labute approximate surface area is 151 Å². The van der Waals surface area contributed by atoms with Crippen LogP contribution in [-0.2, 0) is 11.3 Å². The summed E-state index contributed by atoms with van der Waals surface area (Å²) in [4.78, 5) is 2.78. The van der Waals surface area contributed by atoms with Gasteiger partial charge in [-0.15, -0.1) is 0 Å². The molecule has 3 heterocycles. The summed E-state index contributed by atoms with van der Waals surface area (Å²) >= 11 is 0. The lowest BCUT2D eigenvalue weighted by atomic mass is 9.98. The van der Waals surface area contributed by atoms with Crippen molar-refractivity contribution < 1.29 is 4.74 Å². The number of para-hydroxylation sites is 1. The Balaban J connectivity index is 1.36. The summed E-state index contributed by atoms with van der Waals surface area (Å²) in [6, 6.07) is 9.97. The van der Waals surface area contributed by atoms with Crippen molar-refractivity contribution in [2.45, 2.75) is 70.7 Å². The molecule has 0 unspecified atom stereocenters. The second-order valence-corrected chi connectivity index (χ2v) is 8.04. The summed E-state index contributed by atoms with van der Waals surface area (Å²) < 4.78 is 8.24. The number of rotatable bonds is 7. The van der Waals surface area contributed by atoms with E-state index in [4.69, 9.17) is 4.74 Å². The molecule has 0 radical (unpaired) electrons. The van der Waals surface area contributed by atoms with Gasteiger partial charge < -0.3 is 4.74 Å². The van der Waals surface area contributed by atoms with Gasteiger partial charge in [0.05, 0.1) is 17.8 Å². The lowest BCUT2D eigenvalue weighted by Gasteiger charge is -2.40. The van der Waals surface area contributed by atoms with E-state index in [2.05, 4.69) is 52.8 Å². The van der Waals surface area contributed by atoms with Gasteiger partial charge in [-0.1, -0.05) is 32.0 Å². The fraction of sp³-hybridized carbons (Fsp3) is 0.667. The minimum absolute atomic E-state index is 0.499. The third-order valence-corrected chi connectivity index (χ3v) is 5.96. The Hall–Kier alpha value is -1.39. The lowest BCUT2D eigenvalue weighted by molar-refractivity contribution is -0.0237. The summed E-state index contributed by atoms with van der Waals surface area (Å²) in [5.74, 6) is 0.611. The van der Waals surface area contributed by atoms with E-state index in [1.807, 2.05) is 6.20 Å². The first kappa shape index (κ1) is 17.0. The van der Waals surface area contributed by atoms with Gasteiger partial charge >= 0.3 is 0 Å². The third-order valence-electron chi connectivity index (χ3n) is 5.96. The Morgan fingerprint density at radius 2 is 1.92 bits per heavy atom. The molecule has 0 spiro atoms. The van der Waals surface area contributed by atoms with E-state index in [0.29, 0.717) is 12.0 Å². The first-order valence-electron chi connectivity index (χ1n) is 10.0. The fourth-order valence-corrected chi connectivity index (χ4v) is 4.83. The van der Waals surface area contributed by atoms with E-state index in [-0.39, 0.29) is 0 Å². The Morgan fingerprint density at radius 1 is 1.16 bits per heavy atom. The minimum atomic E-state index is 0.499. The summed E-state index contributed by atoms with van der Waals surface area (Å²) in [6.07, 6.45) is 8.79. The van der Waals surface area contributed by atoms with Gasteiger partial charge in [-0.2, -0.15) is 5.10 Å². The molecule has 136 valence electrons. The molecule has 4 rings (SSSR count). The van der Waals surface area contributed by atoms with Crippen molar-refractivity contribution in [3.8, 4) is 0 Å². The van der Waals surface area contributed by atoms with Crippen molar-refractivity contribution in [3.63, 3.8) is 0 Å². The molecule has 4 heteroatoms. The topological polar surface area (TPSA) is 30.3 Å². The molecule has 0 saturated carbocycles. The molecule has 4 atom stereocenters. The average Bonchev–Trinajstić information content (AvgIpc) is 3.11. The van der Waals surface area contributed by atoms with E-state index in [0.717, 1.165) is 31.7 Å². The second-order valence-electron chi connectivity index (χ2n) is 8.04. The molecule has 0 N–H and O–H groups in total. The van der Waals surface area contributed by atoms with Crippen LogP contribution in [0.4, 0.5) is 0 Å². The van der Waals surface area contributed by atoms with Gasteiger partial charge in [0.1, 0.15) is 0 Å². The highest BCUT2D eigenvalue weighted by molar-refractivity contribution is 5.78. The SMILES string of the molecule is CCCO[C@H]1C[C@H]2CC[C@@H](C1)N2C[C@@H](C)Cn1ncc2ccccc21. The molecule has 4 nitrogen and oxygen atoms in total. The van der Waals surface area contributed by atoms with Crippen molar-refractivity contribution in [1.82, 2.24) is 14.7 Å². The van der Waals surface area contributed by atoms with Gasteiger partial charge in [-0.3, -0.25) is 9.58 Å². The molecule has 2 aromatic rings. The number of aromatic nitrogens is 2. The predicted octanol–water partition coefficient (Wildman–Crippen LogP) is 4.09. The number of fused-ring (bicyclic) bond motifs is 3. The minimum Gasteiger partial charge on any atom is -0.378 e. The second kappa shape index (κ2) is 7.46. The first-order valence-corrected chi connectivity index (χ1v) is 10.0. The zero-order valence-corrected chi connectivity index (χ0v) is 15.6. The Morgan fingerprint density at radius 3 is 2.68 bits per heavy atom. The summed E-state index contributed by atoms with van der Waals surface area (Å²) in [6.45, 7) is 7.68. The van der Waals surface area contributed by atoms with Crippen LogP contribution in [0.3, 0.4) is 0 Å². The number of nitrogens with zero attached hydrogens (tertiary/aromatic N) is 3. The highest BCUT2D eigenvalue weighted by Gasteiger charge is 2.41. The molecule has 1 aromatic carbocycles. The molecular weight excluding hydrogens is 310 g/mol. The quantitative estimate of drug-likeness (QED) is 0.760. The smallest absolute Gasteiger partial charge is 0.0682 e. The Bertz CT molecular complexity index is 683. The van der Waals surface area contributed by atoms with Crippen molar-refractivity contribution in [1.29, 1.82) is 0 Å². The lowest BCUT2D eigenvalue weighted by Crippen LogP contribution is -2.47. The van der Waals surface area contributed by atoms with Crippen LogP contribution in [0.25, 0.3) is 10.9 Å². The summed E-state index contributed by atoms with van der Waals surface area (Å²) in [5, 5.41) is 5.85. The number of hydrogen-bond donors (Lipinski definition) is 0. The van der Waals surface area contributed by atoms with Crippen molar-refractivity contribution in [2.24, 2.45) is 5.92 Å². The standard InChI is InChI=1S/C21H31N3O/c1-3-10-25-20-11-18-8-9-19(12-20)23(18)14-16(2)15-24-21-7-5-4-6-17(21)13-22-24/h4-7,13,16,18-20H,3,8-12,14-15H2,1-2H3/t16-,18-,19+,20+/m1/s1. The van der Waals surface area contributed by atoms with Crippen LogP contribution in [0.2, 0.25) is 0 Å². The maximum absolute atomic E-state index is 6.06. The number of hydrogen-bond acceptors (Lipinski definition) is 3. The largest absolute Gasteiger partial charge is 0.378 e. The molecule has 1 aromatic heterocycles. The van der Waals surface area contributed by atoms with Gasteiger partial charge in [0.15, 0.2) is 0 Å². The molecular formula is C21H31N3O. The van der Waals surface area contributed by atoms with Gasteiger partial charge in [-0.05, 0) is 44.1 Å². The zero-order valence-electron chi connectivity index (χ0n) is 15.6. The van der Waals surface area contributed by atoms with Crippen LogP contribution >= 0.6 is 0 Å². The number of ether oxygens (including phenoxy) is 1. The number of benzene rings is 1. The van der Waals surface area contributed by atoms with E-state index in [1.54, 1.807) is 0 Å². The fourth-order valence-electron chi connectivity index (χ4n) is 4.83. The van der Waals surface area contributed by atoms with E-state index in [9.17, 15) is 0 Å². The summed E-state index contributed by atoms with van der Waals surface area (Å²) in [5.41, 5.74) is 1.25. The molecule has 2 fully saturated rings. The Kier molecular flexibility index (Phi) is 5.09. The van der Waals surface area contributed by atoms with E-state index in [1.165, 1.54) is 43.1 Å². The highest BCUT2D eigenvalue weighted by atomic mass is 16.5. The van der Waals surface area contributed by atoms with E-state index < -0.39 is 0 Å². The van der Waals surface area contributed by atoms with Gasteiger partial charge in [0, 0.05) is 37.2 Å². The molecule has 0 amide bonds. The van der Waals surface area contributed by atoms with Crippen molar-refractivity contribution in [2.75, 3.05) is 13.2 Å². The van der Waals surface area contributed by atoms with Crippen molar-refractivity contribution in [3.05, 3.63) is 30.5 Å². The molecule has 2 aliphatic rings. The third kappa shape index (κ3) is 3.61. The van der Waals surface area contributed by atoms with Crippen LogP contribution < -0.4 is 0 Å². The molecule has 2 bridgehead atoms. The highest BCUT2D eigenvalue weighted by Crippen LogP contribution is 2.37. The monoisotopic (exact) mass is 341 g/mol. The molecule has 25 heavy (non-hydrogen) atoms. The average molecular weight is 341 g/mol. The van der Waals surface area contributed by atoms with Crippen molar-refractivity contribution >= 4 is 10.9 Å². The van der Waals surface area contributed by atoms with Gasteiger partial charge in [0.2, 0.25) is 0 Å². The molecule has 2 saturated heterocycles. The normalized spacial score (nSPS) is 27.8. The first-order chi connectivity index (χ1) is 12.2.